The van der Waals surface area contributed by atoms with Crippen molar-refractivity contribution in [3.8, 4) is 5.75 Å². The van der Waals surface area contributed by atoms with Crippen molar-refractivity contribution in [2.45, 2.75) is 32.3 Å². The molecular formula is C24H31N3O6S. The fourth-order valence-electron chi connectivity index (χ4n) is 3.55. The molecule has 1 fully saturated rings. The number of nitrogens with one attached hydrogen (secondary N) is 2. The average Bonchev–Trinajstić information content (AvgIpc) is 3.33. The highest BCUT2D eigenvalue weighted by Gasteiger charge is 2.23. The first-order valence-electron chi connectivity index (χ1n) is 11.3. The fraction of sp³-hybridized carbons (Fsp3) is 0.417. The molecule has 9 nitrogen and oxygen atoms in total. The minimum absolute atomic E-state index is 0.00668. The van der Waals surface area contributed by atoms with Gasteiger partial charge in [0.2, 0.25) is 15.9 Å². The molecule has 3 rings (SSSR count). The number of hydrogen-bond donors (Lipinski definition) is 2. The number of carbonyl (C=O) groups is 2. The lowest BCUT2D eigenvalue weighted by molar-refractivity contribution is -0.114. The van der Waals surface area contributed by atoms with Gasteiger partial charge < -0.3 is 20.1 Å². The van der Waals surface area contributed by atoms with E-state index in [1.807, 2.05) is 6.92 Å². The lowest BCUT2D eigenvalue weighted by Crippen LogP contribution is -2.38. The third kappa shape index (κ3) is 7.19. The van der Waals surface area contributed by atoms with E-state index in [0.717, 1.165) is 29.8 Å². The Morgan fingerprint density at radius 2 is 1.88 bits per heavy atom. The highest BCUT2D eigenvalue weighted by Crippen LogP contribution is 2.22. The van der Waals surface area contributed by atoms with Crippen molar-refractivity contribution in [2.24, 2.45) is 0 Å². The number of nitrogens with zero attached hydrogens (tertiary/aromatic N) is 1. The number of rotatable bonds is 11. The lowest BCUT2D eigenvalue weighted by Gasteiger charge is -2.22. The molecule has 2 aromatic carbocycles. The molecule has 1 unspecified atom stereocenters. The van der Waals surface area contributed by atoms with Crippen molar-refractivity contribution >= 4 is 33.2 Å². The van der Waals surface area contributed by atoms with E-state index >= 15 is 0 Å². The molecule has 2 N–H and O–H groups in total. The first kappa shape index (κ1) is 25.5. The highest BCUT2D eigenvalue weighted by molar-refractivity contribution is 7.92. The maximum atomic E-state index is 12.8. The molecule has 2 aromatic rings. The van der Waals surface area contributed by atoms with Crippen LogP contribution < -0.4 is 19.7 Å². The molecular weight excluding hydrogens is 458 g/mol. The zero-order valence-corrected chi connectivity index (χ0v) is 20.3. The summed E-state index contributed by atoms with van der Waals surface area (Å²) >= 11 is 0. The Morgan fingerprint density at radius 1 is 1.15 bits per heavy atom. The molecule has 2 amide bonds. The molecule has 1 aliphatic rings. The minimum atomic E-state index is -3.74. The summed E-state index contributed by atoms with van der Waals surface area (Å²) in [6.07, 6.45) is 3.75. The van der Waals surface area contributed by atoms with Crippen molar-refractivity contribution in [1.82, 2.24) is 5.32 Å². The van der Waals surface area contributed by atoms with Crippen LogP contribution in [0.25, 0.3) is 0 Å². The minimum Gasteiger partial charge on any atom is -0.494 e. The summed E-state index contributed by atoms with van der Waals surface area (Å²) in [5.41, 5.74) is 0.926. The molecule has 0 aromatic heterocycles. The number of amides is 2. The molecule has 1 atom stereocenters. The Morgan fingerprint density at radius 3 is 2.53 bits per heavy atom. The third-order valence-electron chi connectivity index (χ3n) is 5.25. The van der Waals surface area contributed by atoms with Crippen molar-refractivity contribution in [2.75, 3.05) is 42.2 Å². The average molecular weight is 490 g/mol. The molecule has 0 radical (unpaired) electrons. The fourth-order valence-corrected chi connectivity index (χ4v) is 4.40. The Kier molecular flexibility index (Phi) is 8.89. The smallest absolute Gasteiger partial charge is 0.253 e. The standard InChI is InChI=1S/C24H31N3O6S/c1-3-14-32-19-12-10-18(11-13-19)27(34(2,30)31)17-23(28)26-22-9-5-4-8-21(22)24(29)25-16-20-7-6-15-33-20/h4-5,8-13,20H,3,6-7,14-17H2,1-2H3,(H,25,29)(H,26,28). The summed E-state index contributed by atoms with van der Waals surface area (Å²) in [6, 6.07) is 13.1. The second-order valence-corrected chi connectivity index (χ2v) is 9.96. The van der Waals surface area contributed by atoms with E-state index in [4.69, 9.17) is 9.47 Å². The summed E-state index contributed by atoms with van der Waals surface area (Å²) in [5, 5.41) is 5.50. The van der Waals surface area contributed by atoms with E-state index in [0.29, 0.717) is 36.9 Å². The molecule has 34 heavy (non-hydrogen) atoms. The van der Waals surface area contributed by atoms with Crippen LogP contribution in [0.3, 0.4) is 0 Å². The van der Waals surface area contributed by atoms with Crippen LogP contribution in [0.15, 0.2) is 48.5 Å². The van der Waals surface area contributed by atoms with Gasteiger partial charge in [-0.15, -0.1) is 0 Å². The zero-order valence-electron chi connectivity index (χ0n) is 19.5. The maximum absolute atomic E-state index is 12.8. The number of carbonyl (C=O) groups excluding carboxylic acids is 2. The quantitative estimate of drug-likeness (QED) is 0.502. The van der Waals surface area contributed by atoms with Gasteiger partial charge in [0.05, 0.1) is 35.9 Å². The molecule has 1 aliphatic heterocycles. The summed E-state index contributed by atoms with van der Waals surface area (Å²) in [5.74, 6) is -0.295. The van der Waals surface area contributed by atoms with Crippen LogP contribution in [0.2, 0.25) is 0 Å². The van der Waals surface area contributed by atoms with E-state index in [9.17, 15) is 18.0 Å². The van der Waals surface area contributed by atoms with Crippen LogP contribution in [0, 0.1) is 0 Å². The summed E-state index contributed by atoms with van der Waals surface area (Å²) in [6.45, 7) is 3.18. The Hall–Kier alpha value is -3.11. The number of hydrogen-bond acceptors (Lipinski definition) is 6. The summed E-state index contributed by atoms with van der Waals surface area (Å²) in [4.78, 5) is 25.5. The second-order valence-electron chi connectivity index (χ2n) is 8.05. The Balaban J connectivity index is 1.68. The predicted octanol–water partition coefficient (Wildman–Crippen LogP) is 2.79. The number of ether oxygens (including phenoxy) is 2. The molecule has 10 heteroatoms. The SMILES string of the molecule is CCCOc1ccc(N(CC(=O)Nc2ccccc2C(=O)NCC2CCCO2)S(C)(=O)=O)cc1. The maximum Gasteiger partial charge on any atom is 0.253 e. The van der Waals surface area contributed by atoms with Crippen LogP contribution in [0.1, 0.15) is 36.5 Å². The molecule has 0 aliphatic carbocycles. The van der Waals surface area contributed by atoms with E-state index in [-0.39, 0.29) is 17.6 Å². The van der Waals surface area contributed by atoms with Crippen LogP contribution in [-0.2, 0) is 19.6 Å². The van der Waals surface area contributed by atoms with Crippen LogP contribution >= 0.6 is 0 Å². The first-order chi connectivity index (χ1) is 16.3. The lowest BCUT2D eigenvalue weighted by atomic mass is 10.1. The van der Waals surface area contributed by atoms with Crippen LogP contribution in [0.4, 0.5) is 11.4 Å². The van der Waals surface area contributed by atoms with Gasteiger partial charge in [-0.25, -0.2) is 8.42 Å². The summed E-state index contributed by atoms with van der Waals surface area (Å²) in [7, 11) is -3.74. The van der Waals surface area contributed by atoms with Crippen molar-refractivity contribution in [1.29, 1.82) is 0 Å². The summed E-state index contributed by atoms with van der Waals surface area (Å²) < 4.78 is 36.9. The van der Waals surface area contributed by atoms with Gasteiger partial charge in [0.1, 0.15) is 12.3 Å². The van der Waals surface area contributed by atoms with Crippen molar-refractivity contribution < 1.29 is 27.5 Å². The van der Waals surface area contributed by atoms with Gasteiger partial charge in [0, 0.05) is 13.2 Å². The van der Waals surface area contributed by atoms with Gasteiger partial charge in [0.25, 0.3) is 5.91 Å². The number of anilines is 2. The van der Waals surface area contributed by atoms with E-state index < -0.39 is 22.5 Å². The number of para-hydroxylation sites is 1. The van der Waals surface area contributed by atoms with Gasteiger partial charge in [-0.2, -0.15) is 0 Å². The molecule has 0 spiro atoms. The van der Waals surface area contributed by atoms with Gasteiger partial charge >= 0.3 is 0 Å². The number of benzene rings is 2. The van der Waals surface area contributed by atoms with Crippen LogP contribution in [0.5, 0.6) is 5.75 Å². The van der Waals surface area contributed by atoms with Gasteiger partial charge in [0.15, 0.2) is 0 Å². The van der Waals surface area contributed by atoms with E-state index in [1.165, 1.54) is 0 Å². The number of sulfonamides is 1. The normalized spacial score (nSPS) is 15.5. The molecule has 1 heterocycles. The van der Waals surface area contributed by atoms with Crippen molar-refractivity contribution in [3.05, 3.63) is 54.1 Å². The van der Waals surface area contributed by atoms with Gasteiger partial charge in [-0.3, -0.25) is 13.9 Å². The predicted molar refractivity (Wildman–Crippen MR) is 131 cm³/mol. The largest absolute Gasteiger partial charge is 0.494 e. The first-order valence-corrected chi connectivity index (χ1v) is 13.1. The second kappa shape index (κ2) is 11.8. The Bertz CT molecular complexity index is 1080. The molecule has 1 saturated heterocycles. The monoisotopic (exact) mass is 489 g/mol. The topological polar surface area (TPSA) is 114 Å². The van der Waals surface area contributed by atoms with Crippen LogP contribution in [-0.4, -0.2) is 58.9 Å². The van der Waals surface area contributed by atoms with E-state index in [2.05, 4.69) is 10.6 Å². The molecule has 184 valence electrons. The van der Waals surface area contributed by atoms with Crippen molar-refractivity contribution in [3.63, 3.8) is 0 Å². The molecule has 0 bridgehead atoms. The third-order valence-corrected chi connectivity index (χ3v) is 6.39. The van der Waals surface area contributed by atoms with Gasteiger partial charge in [-0.1, -0.05) is 19.1 Å². The highest BCUT2D eigenvalue weighted by atomic mass is 32.2. The van der Waals surface area contributed by atoms with E-state index in [1.54, 1.807) is 48.5 Å². The zero-order chi connectivity index (χ0) is 24.6. The van der Waals surface area contributed by atoms with Gasteiger partial charge in [-0.05, 0) is 55.7 Å². The molecule has 0 saturated carbocycles. The Labute approximate surface area is 200 Å².